The molecule has 1 aliphatic rings. The Bertz CT molecular complexity index is 1380. The zero-order valence-corrected chi connectivity index (χ0v) is 24.1. The maximum atomic E-state index is 12.7. The molecule has 0 bridgehead atoms. The summed E-state index contributed by atoms with van der Waals surface area (Å²) in [6.45, 7) is -1.13. The van der Waals surface area contributed by atoms with E-state index in [0.717, 1.165) is 16.0 Å². The van der Waals surface area contributed by atoms with Gasteiger partial charge in [0.25, 0.3) is 11.8 Å². The SMILES string of the molecule is COCNC(=O)CNC(=O)C(Cc1ccccc1)NC(=O)CNC(=O)CNC(=O)CCc1ccc(N2C(=O)C=CC2=O)cc1. The van der Waals surface area contributed by atoms with Crippen molar-refractivity contribution in [3.05, 3.63) is 77.9 Å². The Morgan fingerprint density at radius 2 is 1.30 bits per heavy atom. The second-order valence-electron chi connectivity index (χ2n) is 9.63. The number of ether oxygens (including phenoxy) is 1. The number of hydrogen-bond donors (Lipinski definition) is 5. The number of nitrogens with one attached hydrogen (secondary N) is 5. The third-order valence-corrected chi connectivity index (χ3v) is 6.31. The molecule has 0 saturated carbocycles. The maximum absolute atomic E-state index is 12.7. The summed E-state index contributed by atoms with van der Waals surface area (Å²) < 4.78 is 4.75. The molecular weight excluding hydrogens is 572 g/mol. The van der Waals surface area contributed by atoms with Gasteiger partial charge in [-0.15, -0.1) is 0 Å². The quantitative estimate of drug-likeness (QED) is 0.117. The number of carbonyl (C=O) groups excluding carboxylic acids is 7. The fraction of sp³-hybridized carbons (Fsp3) is 0.300. The van der Waals surface area contributed by atoms with Crippen LogP contribution in [0, 0.1) is 0 Å². The second-order valence-corrected chi connectivity index (χ2v) is 9.63. The zero-order chi connectivity index (χ0) is 31.9. The number of imide groups is 1. The van der Waals surface area contributed by atoms with Gasteiger partial charge in [-0.1, -0.05) is 42.5 Å². The zero-order valence-electron chi connectivity index (χ0n) is 24.1. The van der Waals surface area contributed by atoms with Crippen molar-refractivity contribution in [1.29, 1.82) is 0 Å². The lowest BCUT2D eigenvalue weighted by Gasteiger charge is -2.19. The summed E-state index contributed by atoms with van der Waals surface area (Å²) in [6.07, 6.45) is 2.98. The molecule has 2 aromatic carbocycles. The van der Waals surface area contributed by atoms with Crippen molar-refractivity contribution in [3.8, 4) is 0 Å². The van der Waals surface area contributed by atoms with E-state index in [9.17, 15) is 33.6 Å². The molecule has 0 fully saturated rings. The largest absolute Gasteiger partial charge is 0.364 e. The van der Waals surface area contributed by atoms with Crippen LogP contribution in [-0.2, 0) is 51.1 Å². The Kier molecular flexibility index (Phi) is 12.7. The molecule has 5 N–H and O–H groups in total. The van der Waals surface area contributed by atoms with Gasteiger partial charge in [0.15, 0.2) is 0 Å². The Morgan fingerprint density at radius 1 is 0.705 bits per heavy atom. The molecule has 44 heavy (non-hydrogen) atoms. The van der Waals surface area contributed by atoms with Crippen LogP contribution >= 0.6 is 0 Å². The summed E-state index contributed by atoms with van der Waals surface area (Å²) in [5.41, 5.74) is 1.99. The Labute approximate surface area is 253 Å². The maximum Gasteiger partial charge on any atom is 0.258 e. The molecule has 14 nitrogen and oxygen atoms in total. The van der Waals surface area contributed by atoms with Crippen LogP contribution in [0.2, 0.25) is 0 Å². The molecule has 232 valence electrons. The van der Waals surface area contributed by atoms with Crippen molar-refractivity contribution in [2.24, 2.45) is 0 Å². The van der Waals surface area contributed by atoms with E-state index in [4.69, 9.17) is 4.74 Å². The van der Waals surface area contributed by atoms with Gasteiger partial charge in [0.1, 0.15) is 12.8 Å². The van der Waals surface area contributed by atoms with Crippen LogP contribution in [0.1, 0.15) is 17.5 Å². The van der Waals surface area contributed by atoms with E-state index in [1.165, 1.54) is 19.3 Å². The van der Waals surface area contributed by atoms with Gasteiger partial charge in [-0.25, -0.2) is 4.90 Å². The molecule has 14 heteroatoms. The molecule has 0 saturated heterocycles. The number of methoxy groups -OCH3 is 1. The van der Waals surface area contributed by atoms with Gasteiger partial charge in [0.05, 0.1) is 25.3 Å². The Balaban J connectivity index is 1.39. The molecule has 1 unspecified atom stereocenters. The second kappa shape index (κ2) is 16.9. The molecule has 0 radical (unpaired) electrons. The third-order valence-electron chi connectivity index (χ3n) is 6.31. The van der Waals surface area contributed by atoms with Crippen molar-refractivity contribution in [3.63, 3.8) is 0 Å². The average molecular weight is 607 g/mol. The predicted molar refractivity (Wildman–Crippen MR) is 158 cm³/mol. The van der Waals surface area contributed by atoms with Crippen molar-refractivity contribution in [2.45, 2.75) is 25.3 Å². The smallest absolute Gasteiger partial charge is 0.258 e. The van der Waals surface area contributed by atoms with E-state index in [1.807, 2.05) is 6.07 Å². The highest BCUT2D eigenvalue weighted by atomic mass is 16.5. The van der Waals surface area contributed by atoms with Crippen LogP contribution < -0.4 is 31.5 Å². The molecule has 0 aliphatic carbocycles. The minimum atomic E-state index is -1.02. The number of carbonyl (C=O) groups is 7. The van der Waals surface area contributed by atoms with Crippen LogP contribution in [0.25, 0.3) is 0 Å². The van der Waals surface area contributed by atoms with Gasteiger partial charge in [0.2, 0.25) is 29.5 Å². The van der Waals surface area contributed by atoms with Crippen LogP contribution in [0.15, 0.2) is 66.7 Å². The van der Waals surface area contributed by atoms with Crippen LogP contribution in [-0.4, -0.2) is 80.9 Å². The van der Waals surface area contributed by atoms with Gasteiger partial charge < -0.3 is 31.3 Å². The molecule has 1 atom stereocenters. The van der Waals surface area contributed by atoms with E-state index >= 15 is 0 Å². The number of hydrogen-bond acceptors (Lipinski definition) is 8. The summed E-state index contributed by atoms with van der Waals surface area (Å²) in [4.78, 5) is 86.1. The number of rotatable bonds is 16. The summed E-state index contributed by atoms with van der Waals surface area (Å²) >= 11 is 0. The van der Waals surface area contributed by atoms with Gasteiger partial charge >= 0.3 is 0 Å². The Morgan fingerprint density at radius 3 is 1.95 bits per heavy atom. The highest BCUT2D eigenvalue weighted by Crippen LogP contribution is 2.20. The van der Waals surface area contributed by atoms with Crippen molar-refractivity contribution in [1.82, 2.24) is 26.6 Å². The fourth-order valence-electron chi connectivity index (χ4n) is 4.04. The minimum Gasteiger partial charge on any atom is -0.364 e. The number of nitrogens with zero attached hydrogens (tertiary/aromatic N) is 1. The van der Waals surface area contributed by atoms with Crippen LogP contribution in [0.5, 0.6) is 0 Å². The van der Waals surface area contributed by atoms with Gasteiger partial charge in [-0.2, -0.15) is 0 Å². The predicted octanol–water partition coefficient (Wildman–Crippen LogP) is -1.16. The van der Waals surface area contributed by atoms with E-state index in [0.29, 0.717) is 12.1 Å². The van der Waals surface area contributed by atoms with Crippen molar-refractivity contribution in [2.75, 3.05) is 38.4 Å². The Hall–Kier alpha value is -5.37. The van der Waals surface area contributed by atoms with E-state index in [-0.39, 0.29) is 32.7 Å². The molecule has 1 heterocycles. The number of aryl methyl sites for hydroxylation is 1. The lowest BCUT2D eigenvalue weighted by atomic mass is 10.1. The van der Waals surface area contributed by atoms with Gasteiger partial charge in [-0.3, -0.25) is 33.6 Å². The third kappa shape index (κ3) is 10.8. The first-order chi connectivity index (χ1) is 21.2. The molecular formula is C30H34N6O8. The van der Waals surface area contributed by atoms with Crippen LogP contribution in [0.3, 0.4) is 0 Å². The molecule has 2 aromatic rings. The number of benzene rings is 2. The molecule has 7 amide bonds. The normalized spacial score (nSPS) is 12.8. The first-order valence-corrected chi connectivity index (χ1v) is 13.7. The number of amides is 7. The number of anilines is 1. The molecule has 1 aliphatic heterocycles. The minimum absolute atomic E-state index is 0.0157. The lowest BCUT2D eigenvalue weighted by molar-refractivity contribution is -0.131. The van der Waals surface area contributed by atoms with E-state index < -0.39 is 53.9 Å². The highest BCUT2D eigenvalue weighted by Gasteiger charge is 2.25. The van der Waals surface area contributed by atoms with Gasteiger partial charge in [-0.05, 0) is 29.7 Å². The van der Waals surface area contributed by atoms with Crippen molar-refractivity contribution < 1.29 is 38.3 Å². The first kappa shape index (κ1) is 33.1. The van der Waals surface area contributed by atoms with E-state index in [2.05, 4.69) is 26.6 Å². The molecule has 3 rings (SSSR count). The summed E-state index contributed by atoms with van der Waals surface area (Å²) in [5, 5.41) is 12.3. The monoisotopic (exact) mass is 606 g/mol. The highest BCUT2D eigenvalue weighted by molar-refractivity contribution is 6.28. The van der Waals surface area contributed by atoms with E-state index in [1.54, 1.807) is 48.5 Å². The standard InChI is InChI=1S/C30H34N6O8/c1-44-19-34-26(39)17-33-30(43)23(15-21-5-3-2-4-6-21)35-27(40)18-32-25(38)16-31-24(37)12-9-20-7-10-22(11-8-20)36-28(41)13-14-29(36)42/h2-8,10-11,13-14,23H,9,12,15-19H2,1H3,(H,31,37)(H,32,38)(H,33,43)(H,34,39)(H,35,40). The molecule has 0 aromatic heterocycles. The summed E-state index contributed by atoms with van der Waals surface area (Å²) in [5.74, 6) is -3.53. The average Bonchev–Trinajstić information content (AvgIpc) is 3.37. The lowest BCUT2D eigenvalue weighted by Crippen LogP contribution is -2.52. The molecule has 0 spiro atoms. The topological polar surface area (TPSA) is 192 Å². The summed E-state index contributed by atoms with van der Waals surface area (Å²) in [6, 6.07) is 14.6. The van der Waals surface area contributed by atoms with Crippen LogP contribution in [0.4, 0.5) is 5.69 Å². The fourth-order valence-corrected chi connectivity index (χ4v) is 4.04. The summed E-state index contributed by atoms with van der Waals surface area (Å²) in [7, 11) is 1.41. The van der Waals surface area contributed by atoms with Gasteiger partial charge in [0, 0.05) is 32.1 Å². The first-order valence-electron chi connectivity index (χ1n) is 13.7. The van der Waals surface area contributed by atoms with Crippen molar-refractivity contribution >= 4 is 47.0 Å².